The number of halogens is 3. The molecule has 0 spiro atoms. The first-order chi connectivity index (χ1) is 21.1. The molecule has 4 aromatic rings. The molecule has 3 aromatic carbocycles. The zero-order chi connectivity index (χ0) is 31.5. The van der Waals surface area contributed by atoms with Crippen molar-refractivity contribution in [3.05, 3.63) is 111 Å². The molecule has 1 aliphatic rings. The summed E-state index contributed by atoms with van der Waals surface area (Å²) in [5, 5.41) is 2.69. The summed E-state index contributed by atoms with van der Waals surface area (Å²) >= 11 is 0. The number of nitrogens with one attached hydrogen (secondary N) is 1. The maximum atomic E-state index is 13.8. The topological polar surface area (TPSA) is 98.1 Å². The Labute approximate surface area is 251 Å². The van der Waals surface area contributed by atoms with Gasteiger partial charge in [0, 0.05) is 17.0 Å². The molecule has 230 valence electrons. The first kappa shape index (κ1) is 30.8. The smallest absolute Gasteiger partial charge is 0.417 e. The predicted molar refractivity (Wildman–Crippen MR) is 156 cm³/mol. The summed E-state index contributed by atoms with van der Waals surface area (Å²) in [6.07, 6.45) is -3.82. The van der Waals surface area contributed by atoms with Crippen molar-refractivity contribution in [1.29, 1.82) is 0 Å². The molecule has 8 nitrogen and oxygen atoms in total. The van der Waals surface area contributed by atoms with Crippen LogP contribution in [0.4, 0.5) is 18.0 Å². The number of alkyl halides is 3. The quantitative estimate of drug-likeness (QED) is 0.128. The fourth-order valence-electron chi connectivity index (χ4n) is 5.42. The molecule has 1 saturated heterocycles. The van der Waals surface area contributed by atoms with Crippen LogP contribution in [0.5, 0.6) is 5.75 Å². The molecule has 1 unspecified atom stereocenters. The number of fused-ring (bicyclic) bond motifs is 1. The minimum Gasteiger partial charge on any atom is -0.491 e. The number of nitrogens with zero attached hydrogens (tertiary/aromatic N) is 1. The summed E-state index contributed by atoms with van der Waals surface area (Å²) in [5.74, 6) is -0.136. The second kappa shape index (κ2) is 12.5. The summed E-state index contributed by atoms with van der Waals surface area (Å²) in [7, 11) is 0. The van der Waals surface area contributed by atoms with Gasteiger partial charge in [0.1, 0.15) is 17.9 Å². The van der Waals surface area contributed by atoms with Crippen molar-refractivity contribution in [3.8, 4) is 5.75 Å². The molecule has 11 heteroatoms. The minimum absolute atomic E-state index is 0.00640. The first-order valence-corrected chi connectivity index (χ1v) is 14.2. The van der Waals surface area contributed by atoms with Crippen molar-refractivity contribution in [2.45, 2.75) is 38.4 Å². The van der Waals surface area contributed by atoms with Crippen LogP contribution in [0.3, 0.4) is 0 Å². The Morgan fingerprint density at radius 2 is 1.61 bits per heavy atom. The van der Waals surface area contributed by atoms with E-state index in [1.807, 2.05) is 44.2 Å². The number of hydrogen-bond donors (Lipinski definition) is 1. The Morgan fingerprint density at radius 1 is 0.909 bits per heavy atom. The van der Waals surface area contributed by atoms with E-state index in [0.29, 0.717) is 35.6 Å². The second-order valence-corrected chi connectivity index (χ2v) is 10.5. The van der Waals surface area contributed by atoms with Crippen molar-refractivity contribution in [1.82, 2.24) is 10.2 Å². The van der Waals surface area contributed by atoms with Crippen LogP contribution in [-0.4, -0.2) is 43.2 Å². The van der Waals surface area contributed by atoms with E-state index in [9.17, 15) is 27.6 Å². The lowest BCUT2D eigenvalue weighted by atomic mass is 9.82. The molecule has 3 amide bonds. The van der Waals surface area contributed by atoms with E-state index in [4.69, 9.17) is 13.9 Å². The highest BCUT2D eigenvalue weighted by atomic mass is 19.4. The lowest BCUT2D eigenvalue weighted by molar-refractivity contribution is -0.136. The van der Waals surface area contributed by atoms with Crippen LogP contribution in [-0.2, 0) is 27.7 Å². The van der Waals surface area contributed by atoms with E-state index in [1.165, 1.54) is 12.1 Å². The van der Waals surface area contributed by atoms with Gasteiger partial charge in [-0.25, -0.2) is 9.59 Å². The number of imide groups is 1. The molecule has 44 heavy (non-hydrogen) atoms. The van der Waals surface area contributed by atoms with E-state index in [-0.39, 0.29) is 43.1 Å². The highest BCUT2D eigenvalue weighted by molar-refractivity contribution is 6.09. The van der Waals surface area contributed by atoms with Gasteiger partial charge in [-0.05, 0) is 36.6 Å². The summed E-state index contributed by atoms with van der Waals surface area (Å²) in [6, 6.07) is 19.0. The Balaban J connectivity index is 1.24. The summed E-state index contributed by atoms with van der Waals surface area (Å²) in [6.45, 7) is 3.91. The fourth-order valence-corrected chi connectivity index (χ4v) is 5.42. The van der Waals surface area contributed by atoms with Crippen LogP contribution < -0.4 is 15.7 Å². The zero-order valence-electron chi connectivity index (χ0n) is 24.2. The Hall–Kier alpha value is -4.64. The number of benzene rings is 3. The highest BCUT2D eigenvalue weighted by Gasteiger charge is 2.53. The fraction of sp³-hybridized carbons (Fsp3) is 0.303. The third kappa shape index (κ3) is 5.92. The van der Waals surface area contributed by atoms with Gasteiger partial charge in [-0.3, -0.25) is 9.69 Å². The SMILES string of the molecule is CCCc1c(OCCOCCN2C(=O)NC(c3ccccc3)(c3ccc(C)cc3)C2=O)ccc2c(C(F)(F)F)cc(=O)oc12. The van der Waals surface area contributed by atoms with E-state index < -0.39 is 34.8 Å². The van der Waals surface area contributed by atoms with Gasteiger partial charge in [-0.2, -0.15) is 13.2 Å². The van der Waals surface area contributed by atoms with Gasteiger partial charge in [0.2, 0.25) is 0 Å². The molecule has 1 N–H and O–H groups in total. The van der Waals surface area contributed by atoms with Gasteiger partial charge in [-0.1, -0.05) is 73.5 Å². The highest BCUT2D eigenvalue weighted by Crippen LogP contribution is 2.38. The monoisotopic (exact) mass is 608 g/mol. The maximum absolute atomic E-state index is 13.8. The van der Waals surface area contributed by atoms with Crippen LogP contribution in [0, 0.1) is 6.92 Å². The molecule has 2 heterocycles. The molecule has 0 radical (unpaired) electrons. The molecule has 0 saturated carbocycles. The Bertz CT molecular complexity index is 1720. The molecular weight excluding hydrogens is 577 g/mol. The summed E-state index contributed by atoms with van der Waals surface area (Å²) in [5.41, 5.74) is -1.03. The summed E-state index contributed by atoms with van der Waals surface area (Å²) in [4.78, 5) is 39.9. The lowest BCUT2D eigenvalue weighted by Crippen LogP contribution is -2.45. The number of ether oxygens (including phenoxy) is 2. The number of hydrogen-bond acceptors (Lipinski definition) is 6. The van der Waals surface area contributed by atoms with Gasteiger partial charge in [0.15, 0.2) is 5.54 Å². The average molecular weight is 609 g/mol. The third-order valence-electron chi connectivity index (χ3n) is 7.52. The van der Waals surface area contributed by atoms with Crippen LogP contribution >= 0.6 is 0 Å². The van der Waals surface area contributed by atoms with Crippen LogP contribution in [0.1, 0.15) is 41.2 Å². The van der Waals surface area contributed by atoms with Gasteiger partial charge in [0.25, 0.3) is 5.91 Å². The Morgan fingerprint density at radius 3 is 2.30 bits per heavy atom. The second-order valence-electron chi connectivity index (χ2n) is 10.5. The normalized spacial score (nSPS) is 16.9. The average Bonchev–Trinajstić information content (AvgIpc) is 3.25. The van der Waals surface area contributed by atoms with Crippen molar-refractivity contribution >= 4 is 22.9 Å². The molecule has 1 aromatic heterocycles. The van der Waals surface area contributed by atoms with Gasteiger partial charge in [0.05, 0.1) is 25.3 Å². The van der Waals surface area contributed by atoms with Gasteiger partial charge >= 0.3 is 17.8 Å². The number of amides is 3. The summed E-state index contributed by atoms with van der Waals surface area (Å²) < 4.78 is 57.3. The third-order valence-corrected chi connectivity index (χ3v) is 7.52. The van der Waals surface area contributed by atoms with Crippen molar-refractivity contribution in [3.63, 3.8) is 0 Å². The molecule has 1 atom stereocenters. The van der Waals surface area contributed by atoms with Crippen LogP contribution in [0.15, 0.2) is 82.0 Å². The largest absolute Gasteiger partial charge is 0.491 e. The minimum atomic E-state index is -4.72. The van der Waals surface area contributed by atoms with Crippen LogP contribution in [0.25, 0.3) is 11.0 Å². The number of rotatable bonds is 11. The number of carbonyl (C=O) groups excluding carboxylic acids is 2. The van der Waals surface area contributed by atoms with E-state index in [0.717, 1.165) is 10.5 Å². The van der Waals surface area contributed by atoms with E-state index in [2.05, 4.69) is 5.32 Å². The van der Waals surface area contributed by atoms with Gasteiger partial charge < -0.3 is 19.2 Å². The molecule has 0 bridgehead atoms. The molecule has 0 aliphatic carbocycles. The van der Waals surface area contributed by atoms with Gasteiger partial charge in [-0.15, -0.1) is 0 Å². The molecule has 5 rings (SSSR count). The molecule has 1 aliphatic heterocycles. The maximum Gasteiger partial charge on any atom is 0.417 e. The molecule has 1 fully saturated rings. The van der Waals surface area contributed by atoms with Crippen molar-refractivity contribution in [2.24, 2.45) is 0 Å². The zero-order valence-corrected chi connectivity index (χ0v) is 24.2. The molecular formula is C33H31F3N2O6. The number of carbonyl (C=O) groups is 2. The van der Waals surface area contributed by atoms with Crippen LogP contribution in [0.2, 0.25) is 0 Å². The standard InChI is InChI=1S/C33H31F3N2O6/c1-3-7-25-27(15-14-24-26(33(34,35)36)20-28(39)44-29(24)25)43-19-18-42-17-16-38-30(40)32(37-31(38)41,22-8-5-4-6-9-22)23-12-10-21(2)11-13-23/h4-6,8-15,20H,3,7,16-19H2,1-2H3,(H,37,41). The Kier molecular flexibility index (Phi) is 8.78. The lowest BCUT2D eigenvalue weighted by Gasteiger charge is -2.28. The van der Waals surface area contributed by atoms with Crippen molar-refractivity contribution in [2.75, 3.05) is 26.4 Å². The first-order valence-electron chi connectivity index (χ1n) is 14.2. The van der Waals surface area contributed by atoms with Crippen molar-refractivity contribution < 1.29 is 36.7 Å². The van der Waals surface area contributed by atoms with E-state index >= 15 is 0 Å². The predicted octanol–water partition coefficient (Wildman–Crippen LogP) is 5.96. The van der Waals surface area contributed by atoms with E-state index in [1.54, 1.807) is 24.3 Å². The number of aryl methyl sites for hydroxylation is 2. The number of urea groups is 1.